The van der Waals surface area contributed by atoms with Crippen molar-refractivity contribution >= 4 is 16.1 Å². The number of nitrogens with one attached hydrogen (secondary N) is 1. The van der Waals surface area contributed by atoms with Gasteiger partial charge in [-0.05, 0) is 12.1 Å². The Bertz CT molecular complexity index is 540. The summed E-state index contributed by atoms with van der Waals surface area (Å²) in [6.45, 7) is 1.43. The molecule has 1 aromatic carbocycles. The highest BCUT2D eigenvalue weighted by atomic mass is 32.2. The highest BCUT2D eigenvalue weighted by Gasteiger charge is 2.19. The Morgan fingerprint density at radius 2 is 1.90 bits per heavy atom. The Hall–Kier alpha value is -1.64. The van der Waals surface area contributed by atoms with E-state index in [0.717, 1.165) is 0 Å². The van der Waals surface area contributed by atoms with Gasteiger partial charge in [-0.2, -0.15) is 4.72 Å². The minimum Gasteiger partial charge on any atom is -0.432 e. The summed E-state index contributed by atoms with van der Waals surface area (Å²) in [5, 5.41) is 0. The van der Waals surface area contributed by atoms with Crippen LogP contribution in [0.5, 0.6) is 0 Å². The Labute approximate surface area is 117 Å². The van der Waals surface area contributed by atoms with Crippen LogP contribution in [0.15, 0.2) is 35.2 Å². The number of sulfonamides is 1. The van der Waals surface area contributed by atoms with E-state index in [1.165, 1.54) is 17.0 Å². The third-order valence-corrected chi connectivity index (χ3v) is 4.16. The molecular weight excluding hydrogens is 284 g/mol. The molecular formula is C12H16N2O5S. The molecule has 7 nitrogen and oxygen atoms in total. The molecule has 1 amide bonds. The van der Waals surface area contributed by atoms with Crippen molar-refractivity contribution in [1.82, 2.24) is 9.62 Å². The molecule has 1 N–H and O–H groups in total. The van der Waals surface area contributed by atoms with Crippen LogP contribution in [0.3, 0.4) is 0 Å². The molecule has 0 bridgehead atoms. The van der Waals surface area contributed by atoms with E-state index in [1.54, 1.807) is 18.2 Å². The second-order valence-corrected chi connectivity index (χ2v) is 5.88. The van der Waals surface area contributed by atoms with Crippen molar-refractivity contribution in [2.24, 2.45) is 0 Å². The van der Waals surface area contributed by atoms with Gasteiger partial charge in [0.2, 0.25) is 10.0 Å². The van der Waals surface area contributed by atoms with Crippen LogP contribution in [0.1, 0.15) is 0 Å². The van der Waals surface area contributed by atoms with Crippen molar-refractivity contribution in [3.05, 3.63) is 30.3 Å². The Morgan fingerprint density at radius 3 is 2.55 bits per heavy atom. The number of amides is 1. The summed E-state index contributed by atoms with van der Waals surface area (Å²) in [5.74, 6) is 0. The number of hydrogen-bond donors (Lipinski definition) is 1. The van der Waals surface area contributed by atoms with Crippen molar-refractivity contribution in [1.29, 1.82) is 0 Å². The third-order valence-electron chi connectivity index (χ3n) is 2.77. The standard InChI is InChI=1S/C12H16N2O5S/c15-12(14-6-8-18-9-7-14)19-10-13-20(16,17)11-4-2-1-3-5-11/h1-5,13H,6-10H2. The fraction of sp³-hybridized carbons (Fsp3) is 0.417. The predicted molar refractivity (Wildman–Crippen MR) is 70.5 cm³/mol. The van der Waals surface area contributed by atoms with Gasteiger partial charge in [-0.1, -0.05) is 18.2 Å². The minimum atomic E-state index is -3.66. The fourth-order valence-electron chi connectivity index (χ4n) is 1.69. The van der Waals surface area contributed by atoms with Gasteiger partial charge in [0, 0.05) is 13.1 Å². The van der Waals surface area contributed by atoms with E-state index in [2.05, 4.69) is 4.72 Å². The minimum absolute atomic E-state index is 0.127. The Balaban J connectivity index is 1.82. The first-order valence-electron chi connectivity index (χ1n) is 6.14. The lowest BCUT2D eigenvalue weighted by Crippen LogP contribution is -2.42. The maximum Gasteiger partial charge on any atom is 0.411 e. The summed E-state index contributed by atoms with van der Waals surface area (Å²) in [4.78, 5) is 13.2. The SMILES string of the molecule is O=C(OCNS(=O)(=O)c1ccccc1)N1CCOCC1. The first-order valence-corrected chi connectivity index (χ1v) is 7.62. The average molecular weight is 300 g/mol. The van der Waals surface area contributed by atoms with E-state index >= 15 is 0 Å². The van der Waals surface area contributed by atoms with Gasteiger partial charge < -0.3 is 14.4 Å². The highest BCUT2D eigenvalue weighted by molar-refractivity contribution is 7.89. The molecule has 1 heterocycles. The molecule has 0 saturated carbocycles. The third kappa shape index (κ3) is 3.92. The molecule has 1 fully saturated rings. The maximum absolute atomic E-state index is 11.9. The van der Waals surface area contributed by atoms with Crippen LogP contribution >= 0.6 is 0 Å². The zero-order chi connectivity index (χ0) is 14.4. The van der Waals surface area contributed by atoms with Crippen LogP contribution in [0.25, 0.3) is 0 Å². The number of morpholine rings is 1. The molecule has 0 aromatic heterocycles. The average Bonchev–Trinajstić information content (AvgIpc) is 2.49. The lowest BCUT2D eigenvalue weighted by molar-refractivity contribution is 0.0268. The zero-order valence-corrected chi connectivity index (χ0v) is 11.6. The molecule has 1 aliphatic heterocycles. The fourth-order valence-corrected chi connectivity index (χ4v) is 2.59. The summed E-state index contributed by atoms with van der Waals surface area (Å²) in [5.41, 5.74) is 0. The Kier molecular flexibility index (Phi) is 4.94. The molecule has 0 atom stereocenters. The summed E-state index contributed by atoms with van der Waals surface area (Å²) in [7, 11) is -3.66. The molecule has 0 radical (unpaired) electrons. The number of nitrogens with zero attached hydrogens (tertiary/aromatic N) is 1. The van der Waals surface area contributed by atoms with Gasteiger partial charge in [0.05, 0.1) is 18.1 Å². The molecule has 110 valence electrons. The quantitative estimate of drug-likeness (QED) is 0.813. The first-order chi connectivity index (χ1) is 9.59. The summed E-state index contributed by atoms with van der Waals surface area (Å²) >= 11 is 0. The topological polar surface area (TPSA) is 84.9 Å². The van der Waals surface area contributed by atoms with Gasteiger partial charge >= 0.3 is 6.09 Å². The molecule has 1 aliphatic rings. The molecule has 0 aliphatic carbocycles. The van der Waals surface area contributed by atoms with Gasteiger partial charge in [0.25, 0.3) is 0 Å². The number of rotatable bonds is 4. The van der Waals surface area contributed by atoms with E-state index in [1.807, 2.05) is 0 Å². The summed E-state index contributed by atoms with van der Waals surface area (Å²) in [6.07, 6.45) is -0.552. The molecule has 20 heavy (non-hydrogen) atoms. The second kappa shape index (κ2) is 6.69. The number of carbonyl (C=O) groups is 1. The van der Waals surface area contributed by atoms with Crippen molar-refractivity contribution in [2.75, 3.05) is 33.0 Å². The normalized spacial score (nSPS) is 15.9. The van der Waals surface area contributed by atoms with Gasteiger partial charge in [-0.25, -0.2) is 13.2 Å². The zero-order valence-electron chi connectivity index (χ0n) is 10.8. The van der Waals surface area contributed by atoms with Crippen molar-refractivity contribution in [3.63, 3.8) is 0 Å². The van der Waals surface area contributed by atoms with Gasteiger partial charge in [0.1, 0.15) is 0 Å². The Morgan fingerprint density at radius 1 is 1.25 bits per heavy atom. The maximum atomic E-state index is 11.9. The lowest BCUT2D eigenvalue weighted by Gasteiger charge is -2.25. The first kappa shape index (κ1) is 14.8. The number of benzene rings is 1. The van der Waals surface area contributed by atoms with Crippen LogP contribution in [-0.2, 0) is 19.5 Å². The molecule has 1 aromatic rings. The smallest absolute Gasteiger partial charge is 0.411 e. The number of ether oxygens (including phenoxy) is 2. The van der Waals surface area contributed by atoms with Crippen LogP contribution in [0.2, 0.25) is 0 Å². The van der Waals surface area contributed by atoms with Crippen molar-refractivity contribution in [3.8, 4) is 0 Å². The van der Waals surface area contributed by atoms with Crippen LogP contribution in [-0.4, -0.2) is 52.4 Å². The number of carbonyl (C=O) groups excluding carboxylic acids is 1. The van der Waals surface area contributed by atoms with Gasteiger partial charge in [-0.15, -0.1) is 0 Å². The molecule has 1 saturated heterocycles. The van der Waals surface area contributed by atoms with E-state index in [-0.39, 0.29) is 4.90 Å². The summed E-state index contributed by atoms with van der Waals surface area (Å²) in [6, 6.07) is 7.89. The molecule has 2 rings (SSSR count). The van der Waals surface area contributed by atoms with Gasteiger partial charge in [-0.3, -0.25) is 0 Å². The molecule has 0 spiro atoms. The second-order valence-electron chi connectivity index (χ2n) is 4.11. The van der Waals surface area contributed by atoms with E-state index < -0.39 is 22.8 Å². The predicted octanol–water partition coefficient (Wildman–Crippen LogP) is 0.391. The monoisotopic (exact) mass is 300 g/mol. The van der Waals surface area contributed by atoms with Crippen LogP contribution in [0.4, 0.5) is 4.79 Å². The van der Waals surface area contributed by atoms with Crippen molar-refractivity contribution in [2.45, 2.75) is 4.90 Å². The molecule has 8 heteroatoms. The number of hydrogen-bond acceptors (Lipinski definition) is 5. The van der Waals surface area contributed by atoms with Crippen molar-refractivity contribution < 1.29 is 22.7 Å². The molecule has 0 unspecified atom stereocenters. The summed E-state index contributed by atoms with van der Waals surface area (Å²) < 4.78 is 35.9. The lowest BCUT2D eigenvalue weighted by atomic mass is 10.4. The van der Waals surface area contributed by atoms with E-state index in [0.29, 0.717) is 26.3 Å². The highest BCUT2D eigenvalue weighted by Crippen LogP contribution is 2.07. The van der Waals surface area contributed by atoms with Gasteiger partial charge in [0.15, 0.2) is 6.73 Å². The van der Waals surface area contributed by atoms with Crippen LogP contribution in [0, 0.1) is 0 Å². The van der Waals surface area contributed by atoms with Crippen LogP contribution < -0.4 is 4.72 Å². The largest absolute Gasteiger partial charge is 0.432 e. The van der Waals surface area contributed by atoms with E-state index in [9.17, 15) is 13.2 Å². The van der Waals surface area contributed by atoms with E-state index in [4.69, 9.17) is 9.47 Å².